The van der Waals surface area contributed by atoms with Crippen molar-refractivity contribution in [1.29, 1.82) is 0 Å². The third-order valence-electron chi connectivity index (χ3n) is 3.28. The van der Waals surface area contributed by atoms with Crippen LogP contribution >= 0.6 is 0 Å². The first-order valence-electron chi connectivity index (χ1n) is 7.18. The molecule has 0 aliphatic rings. The van der Waals surface area contributed by atoms with Crippen LogP contribution in [0.1, 0.15) is 51.2 Å². The lowest BCUT2D eigenvalue weighted by atomic mass is 10.0. The molecule has 0 bridgehead atoms. The van der Waals surface area contributed by atoms with Crippen molar-refractivity contribution in [2.24, 2.45) is 5.73 Å². The lowest BCUT2D eigenvalue weighted by molar-refractivity contribution is 0.924. The van der Waals surface area contributed by atoms with Gasteiger partial charge in [0, 0.05) is 6.54 Å². The lowest BCUT2D eigenvalue weighted by Crippen LogP contribution is -1.95. The monoisotopic (exact) mass is 257 g/mol. The van der Waals surface area contributed by atoms with Crippen LogP contribution in [0, 0.1) is 0 Å². The SMILES string of the molecule is CC(C)=CCC/C(C)=C/CCc1ccc(CN)cc1. The second kappa shape index (κ2) is 8.71. The number of hydrogen-bond donors (Lipinski definition) is 1. The summed E-state index contributed by atoms with van der Waals surface area (Å²) in [6.07, 6.45) is 9.26. The van der Waals surface area contributed by atoms with Crippen molar-refractivity contribution in [2.75, 3.05) is 0 Å². The van der Waals surface area contributed by atoms with Gasteiger partial charge in [-0.1, -0.05) is 47.6 Å². The minimum atomic E-state index is 0.629. The van der Waals surface area contributed by atoms with Gasteiger partial charge in [0.1, 0.15) is 0 Å². The zero-order chi connectivity index (χ0) is 14.1. The highest BCUT2D eigenvalue weighted by molar-refractivity contribution is 5.22. The minimum Gasteiger partial charge on any atom is -0.326 e. The molecule has 19 heavy (non-hydrogen) atoms. The van der Waals surface area contributed by atoms with Crippen LogP contribution in [0.5, 0.6) is 0 Å². The fourth-order valence-corrected chi connectivity index (χ4v) is 2.02. The normalized spacial score (nSPS) is 11.5. The molecule has 0 fully saturated rings. The van der Waals surface area contributed by atoms with E-state index in [1.54, 1.807) is 0 Å². The molecular weight excluding hydrogens is 230 g/mol. The van der Waals surface area contributed by atoms with Crippen LogP contribution in [0.15, 0.2) is 47.6 Å². The maximum atomic E-state index is 5.59. The fraction of sp³-hybridized carbons (Fsp3) is 0.444. The molecule has 2 N–H and O–H groups in total. The first-order chi connectivity index (χ1) is 9.11. The van der Waals surface area contributed by atoms with Gasteiger partial charge in [-0.3, -0.25) is 0 Å². The van der Waals surface area contributed by atoms with Gasteiger partial charge in [0.25, 0.3) is 0 Å². The van der Waals surface area contributed by atoms with Crippen molar-refractivity contribution in [2.45, 2.75) is 53.0 Å². The second-order valence-corrected chi connectivity index (χ2v) is 5.43. The Morgan fingerprint density at radius 1 is 0.947 bits per heavy atom. The molecule has 1 nitrogen and oxygen atoms in total. The van der Waals surface area contributed by atoms with Gasteiger partial charge in [-0.15, -0.1) is 0 Å². The molecule has 0 unspecified atom stereocenters. The zero-order valence-corrected chi connectivity index (χ0v) is 12.6. The summed E-state index contributed by atoms with van der Waals surface area (Å²) >= 11 is 0. The van der Waals surface area contributed by atoms with Crippen LogP contribution in [-0.4, -0.2) is 0 Å². The minimum absolute atomic E-state index is 0.629. The number of hydrogen-bond acceptors (Lipinski definition) is 1. The molecule has 0 saturated carbocycles. The van der Waals surface area contributed by atoms with Crippen molar-refractivity contribution < 1.29 is 0 Å². The van der Waals surface area contributed by atoms with Gasteiger partial charge < -0.3 is 5.73 Å². The molecule has 104 valence electrons. The molecule has 1 aromatic carbocycles. The first-order valence-corrected chi connectivity index (χ1v) is 7.18. The highest BCUT2D eigenvalue weighted by Gasteiger charge is 1.94. The molecule has 0 radical (unpaired) electrons. The summed E-state index contributed by atoms with van der Waals surface area (Å²) in [5.41, 5.74) is 11.1. The van der Waals surface area contributed by atoms with Crippen molar-refractivity contribution in [3.05, 3.63) is 58.7 Å². The molecule has 1 rings (SSSR count). The van der Waals surface area contributed by atoms with E-state index in [0.717, 1.165) is 19.3 Å². The van der Waals surface area contributed by atoms with E-state index in [4.69, 9.17) is 5.73 Å². The van der Waals surface area contributed by atoms with E-state index < -0.39 is 0 Å². The Kier molecular flexibility index (Phi) is 7.20. The smallest absolute Gasteiger partial charge is 0.0178 e. The van der Waals surface area contributed by atoms with Crippen LogP contribution in [0.2, 0.25) is 0 Å². The number of benzene rings is 1. The maximum absolute atomic E-state index is 5.59. The van der Waals surface area contributed by atoms with E-state index in [1.165, 1.54) is 28.7 Å². The predicted molar refractivity (Wildman–Crippen MR) is 85.1 cm³/mol. The highest BCUT2D eigenvalue weighted by atomic mass is 14.5. The molecule has 1 heteroatoms. The Balaban J connectivity index is 2.33. The third-order valence-corrected chi connectivity index (χ3v) is 3.28. The average Bonchev–Trinajstić information content (AvgIpc) is 2.39. The Morgan fingerprint density at radius 3 is 2.16 bits per heavy atom. The molecule has 0 atom stereocenters. The van der Waals surface area contributed by atoms with E-state index in [2.05, 4.69) is 57.2 Å². The summed E-state index contributed by atoms with van der Waals surface area (Å²) < 4.78 is 0. The van der Waals surface area contributed by atoms with E-state index >= 15 is 0 Å². The summed E-state index contributed by atoms with van der Waals surface area (Å²) in [6, 6.07) is 8.63. The largest absolute Gasteiger partial charge is 0.326 e. The molecule has 0 aliphatic heterocycles. The number of nitrogens with two attached hydrogens (primary N) is 1. The van der Waals surface area contributed by atoms with Gasteiger partial charge in [-0.25, -0.2) is 0 Å². The van der Waals surface area contributed by atoms with Crippen molar-refractivity contribution >= 4 is 0 Å². The van der Waals surface area contributed by atoms with Gasteiger partial charge >= 0.3 is 0 Å². The molecule has 0 amide bonds. The summed E-state index contributed by atoms with van der Waals surface area (Å²) in [5.74, 6) is 0. The molecule has 0 spiro atoms. The van der Waals surface area contributed by atoms with E-state index in [-0.39, 0.29) is 0 Å². The fourth-order valence-electron chi connectivity index (χ4n) is 2.02. The average molecular weight is 257 g/mol. The highest BCUT2D eigenvalue weighted by Crippen LogP contribution is 2.11. The summed E-state index contributed by atoms with van der Waals surface area (Å²) in [6.45, 7) is 7.17. The molecule has 0 heterocycles. The van der Waals surface area contributed by atoms with Crippen LogP contribution in [0.25, 0.3) is 0 Å². The van der Waals surface area contributed by atoms with Gasteiger partial charge in [0.2, 0.25) is 0 Å². The maximum Gasteiger partial charge on any atom is 0.0178 e. The van der Waals surface area contributed by atoms with Crippen LogP contribution in [0.3, 0.4) is 0 Å². The van der Waals surface area contributed by atoms with E-state index in [1.807, 2.05) is 0 Å². The second-order valence-electron chi connectivity index (χ2n) is 5.43. The molecule has 0 saturated heterocycles. The molecular formula is C18H27N. The predicted octanol–water partition coefficient (Wildman–Crippen LogP) is 4.77. The Morgan fingerprint density at radius 2 is 1.58 bits per heavy atom. The van der Waals surface area contributed by atoms with Crippen LogP contribution in [0.4, 0.5) is 0 Å². The Bertz CT molecular complexity index is 420. The van der Waals surface area contributed by atoms with Gasteiger partial charge in [-0.2, -0.15) is 0 Å². The molecule has 0 aromatic heterocycles. The Labute approximate surface area is 118 Å². The van der Waals surface area contributed by atoms with Crippen molar-refractivity contribution in [3.8, 4) is 0 Å². The summed E-state index contributed by atoms with van der Waals surface area (Å²) in [5, 5.41) is 0. The Hall–Kier alpha value is -1.34. The van der Waals surface area contributed by atoms with E-state index in [9.17, 15) is 0 Å². The summed E-state index contributed by atoms with van der Waals surface area (Å²) in [4.78, 5) is 0. The third kappa shape index (κ3) is 6.97. The van der Waals surface area contributed by atoms with Gasteiger partial charge in [-0.05, 0) is 57.6 Å². The van der Waals surface area contributed by atoms with Gasteiger partial charge in [0.05, 0.1) is 0 Å². The molecule has 0 aliphatic carbocycles. The van der Waals surface area contributed by atoms with Gasteiger partial charge in [0.15, 0.2) is 0 Å². The van der Waals surface area contributed by atoms with Crippen molar-refractivity contribution in [1.82, 2.24) is 0 Å². The summed E-state index contributed by atoms with van der Waals surface area (Å²) in [7, 11) is 0. The number of allylic oxidation sites excluding steroid dienone is 4. The zero-order valence-electron chi connectivity index (χ0n) is 12.6. The van der Waals surface area contributed by atoms with Crippen LogP contribution < -0.4 is 5.73 Å². The number of rotatable bonds is 7. The van der Waals surface area contributed by atoms with E-state index in [0.29, 0.717) is 6.54 Å². The number of aryl methyl sites for hydroxylation is 1. The first kappa shape index (κ1) is 15.7. The van der Waals surface area contributed by atoms with Crippen LogP contribution in [-0.2, 0) is 13.0 Å². The topological polar surface area (TPSA) is 26.0 Å². The van der Waals surface area contributed by atoms with Crippen molar-refractivity contribution in [3.63, 3.8) is 0 Å². The molecule has 1 aromatic rings. The quantitative estimate of drug-likeness (QED) is 0.699. The lowest BCUT2D eigenvalue weighted by Gasteiger charge is -2.02. The standard InChI is InChI=1S/C18H27N/c1-15(2)6-4-7-16(3)8-5-9-17-10-12-18(14-19)13-11-17/h6,8,10-13H,4-5,7,9,14,19H2,1-3H3/b16-8+.